The van der Waals surface area contributed by atoms with Crippen LogP contribution in [0.15, 0.2) is 11.1 Å². The average Bonchev–Trinajstić information content (AvgIpc) is 2.14. The Morgan fingerprint density at radius 3 is 2.56 bits per heavy atom. The van der Waals surface area contributed by atoms with Crippen LogP contribution in [0, 0.1) is 0 Å². The fraction of sp³-hybridized carbons (Fsp3) is 0.667. The van der Waals surface area contributed by atoms with Gasteiger partial charge in [0.25, 0.3) is 0 Å². The highest BCUT2D eigenvalue weighted by Crippen LogP contribution is 2.21. The summed E-state index contributed by atoms with van der Waals surface area (Å²) in [6.07, 6.45) is 5.63. The molecule has 54 valence electrons. The Balaban J connectivity index is 0.000000640. The topological polar surface area (TPSA) is 3.24 Å². The Hall–Kier alpha value is 0.620. The SMILES string of the molecule is CSC1=CCCN1C.I. The Morgan fingerprint density at radius 1 is 1.67 bits per heavy atom. The molecule has 1 rings (SSSR count). The van der Waals surface area contributed by atoms with Gasteiger partial charge in [0, 0.05) is 13.6 Å². The van der Waals surface area contributed by atoms with E-state index in [1.165, 1.54) is 18.0 Å². The Labute approximate surface area is 77.9 Å². The number of nitrogens with zero attached hydrogens (tertiary/aromatic N) is 1. The van der Waals surface area contributed by atoms with Gasteiger partial charge in [-0.05, 0) is 12.7 Å². The van der Waals surface area contributed by atoms with Crippen LogP contribution in [0.25, 0.3) is 0 Å². The van der Waals surface area contributed by atoms with Crippen molar-refractivity contribution in [3.05, 3.63) is 11.1 Å². The lowest BCUT2D eigenvalue weighted by Gasteiger charge is -2.12. The molecule has 1 aliphatic heterocycles. The molecule has 0 saturated carbocycles. The largest absolute Gasteiger partial charge is 0.369 e. The summed E-state index contributed by atoms with van der Waals surface area (Å²) in [6, 6.07) is 0. The van der Waals surface area contributed by atoms with Crippen LogP contribution in [0.1, 0.15) is 6.42 Å². The van der Waals surface area contributed by atoms with Crippen molar-refractivity contribution in [3.63, 3.8) is 0 Å². The van der Waals surface area contributed by atoms with Crippen LogP contribution in [0.3, 0.4) is 0 Å². The highest BCUT2D eigenvalue weighted by atomic mass is 127. The summed E-state index contributed by atoms with van der Waals surface area (Å²) in [5.41, 5.74) is 0. The Bertz CT molecular complexity index is 114. The molecule has 9 heavy (non-hydrogen) atoms. The lowest BCUT2D eigenvalue weighted by molar-refractivity contribution is 0.486. The first-order valence-corrected chi connectivity index (χ1v) is 4.02. The van der Waals surface area contributed by atoms with Crippen LogP contribution in [0.2, 0.25) is 0 Å². The van der Waals surface area contributed by atoms with E-state index in [2.05, 4.69) is 24.3 Å². The van der Waals surface area contributed by atoms with Crippen LogP contribution in [-0.2, 0) is 0 Å². The summed E-state index contributed by atoms with van der Waals surface area (Å²) < 4.78 is 0. The molecule has 0 unspecified atom stereocenters. The summed E-state index contributed by atoms with van der Waals surface area (Å²) in [7, 11) is 2.13. The molecule has 0 aromatic heterocycles. The molecule has 0 bridgehead atoms. The lowest BCUT2D eigenvalue weighted by Crippen LogP contribution is -2.10. The molecule has 0 aliphatic carbocycles. The quantitative estimate of drug-likeness (QED) is 0.662. The van der Waals surface area contributed by atoms with Gasteiger partial charge in [-0.25, -0.2) is 0 Å². The second-order valence-corrected chi connectivity index (χ2v) is 2.78. The van der Waals surface area contributed by atoms with E-state index >= 15 is 0 Å². The van der Waals surface area contributed by atoms with Gasteiger partial charge >= 0.3 is 0 Å². The zero-order chi connectivity index (χ0) is 5.98. The summed E-state index contributed by atoms with van der Waals surface area (Å²) >= 11 is 1.83. The van der Waals surface area contributed by atoms with Crippen LogP contribution in [0.4, 0.5) is 0 Å². The molecular weight excluding hydrogens is 245 g/mol. The van der Waals surface area contributed by atoms with Gasteiger partial charge in [-0.1, -0.05) is 6.08 Å². The molecule has 0 aromatic carbocycles. The third-order valence-corrected chi connectivity index (χ3v) is 2.27. The van der Waals surface area contributed by atoms with Crippen LogP contribution >= 0.6 is 35.7 Å². The monoisotopic (exact) mass is 257 g/mol. The van der Waals surface area contributed by atoms with Gasteiger partial charge in [0.1, 0.15) is 0 Å². The molecule has 0 amide bonds. The smallest absolute Gasteiger partial charge is 0.0662 e. The highest BCUT2D eigenvalue weighted by Gasteiger charge is 2.06. The van der Waals surface area contributed by atoms with Gasteiger partial charge < -0.3 is 4.90 Å². The summed E-state index contributed by atoms with van der Waals surface area (Å²) in [4.78, 5) is 2.28. The predicted molar refractivity (Wildman–Crippen MR) is 54.3 cm³/mol. The van der Waals surface area contributed by atoms with Gasteiger partial charge in [0.05, 0.1) is 5.03 Å². The molecule has 3 heteroatoms. The average molecular weight is 257 g/mol. The fourth-order valence-electron chi connectivity index (χ4n) is 0.887. The van der Waals surface area contributed by atoms with Gasteiger partial charge in [-0.2, -0.15) is 0 Å². The van der Waals surface area contributed by atoms with Crippen LogP contribution in [-0.4, -0.2) is 24.7 Å². The zero-order valence-electron chi connectivity index (χ0n) is 5.76. The second-order valence-electron chi connectivity index (χ2n) is 1.96. The molecule has 0 radical (unpaired) electrons. The Morgan fingerprint density at radius 2 is 2.33 bits per heavy atom. The zero-order valence-corrected chi connectivity index (χ0v) is 8.90. The summed E-state index contributed by atoms with van der Waals surface area (Å²) in [5, 5.41) is 1.42. The van der Waals surface area contributed by atoms with Crippen molar-refractivity contribution in [2.45, 2.75) is 6.42 Å². The first kappa shape index (κ1) is 9.62. The maximum Gasteiger partial charge on any atom is 0.0662 e. The van der Waals surface area contributed by atoms with Gasteiger partial charge in [-0.15, -0.1) is 35.7 Å². The van der Waals surface area contributed by atoms with Crippen molar-refractivity contribution < 1.29 is 0 Å². The third kappa shape index (κ3) is 2.37. The Kier molecular flexibility index (Phi) is 4.74. The normalized spacial score (nSPS) is 17.1. The molecule has 0 aromatic rings. The lowest BCUT2D eigenvalue weighted by atomic mass is 10.5. The molecule has 1 nitrogen and oxygen atoms in total. The van der Waals surface area contributed by atoms with Gasteiger partial charge in [-0.3, -0.25) is 0 Å². The molecule has 0 atom stereocenters. The van der Waals surface area contributed by atoms with Crippen molar-refractivity contribution >= 4 is 35.7 Å². The van der Waals surface area contributed by atoms with Crippen molar-refractivity contribution in [1.29, 1.82) is 0 Å². The second kappa shape index (κ2) is 4.44. The molecule has 0 fully saturated rings. The van der Waals surface area contributed by atoms with Crippen molar-refractivity contribution in [3.8, 4) is 0 Å². The molecule has 0 spiro atoms. The van der Waals surface area contributed by atoms with Crippen LogP contribution in [0.5, 0.6) is 0 Å². The molecule has 1 heterocycles. The molecule has 0 N–H and O–H groups in total. The first-order chi connectivity index (χ1) is 3.84. The summed E-state index contributed by atoms with van der Waals surface area (Å²) in [6.45, 7) is 1.20. The predicted octanol–water partition coefficient (Wildman–Crippen LogP) is 2.14. The number of rotatable bonds is 1. The van der Waals surface area contributed by atoms with E-state index in [-0.39, 0.29) is 24.0 Å². The fourth-order valence-corrected chi connectivity index (χ4v) is 1.57. The third-order valence-electron chi connectivity index (χ3n) is 1.37. The minimum absolute atomic E-state index is 0. The number of hydrogen-bond donors (Lipinski definition) is 0. The van der Waals surface area contributed by atoms with E-state index in [0.717, 1.165) is 0 Å². The maximum atomic E-state index is 2.28. The first-order valence-electron chi connectivity index (χ1n) is 2.80. The van der Waals surface area contributed by atoms with Crippen molar-refractivity contribution in [2.75, 3.05) is 19.8 Å². The van der Waals surface area contributed by atoms with Gasteiger partial charge in [0.2, 0.25) is 0 Å². The van der Waals surface area contributed by atoms with E-state index in [9.17, 15) is 0 Å². The van der Waals surface area contributed by atoms with E-state index in [4.69, 9.17) is 0 Å². The molecule has 0 saturated heterocycles. The molecule has 1 aliphatic rings. The number of halogens is 1. The minimum atomic E-state index is 0. The number of hydrogen-bond acceptors (Lipinski definition) is 2. The van der Waals surface area contributed by atoms with E-state index in [1.807, 2.05) is 11.8 Å². The van der Waals surface area contributed by atoms with E-state index in [1.54, 1.807) is 0 Å². The highest BCUT2D eigenvalue weighted by molar-refractivity contribution is 14.0. The number of thioether (sulfide) groups is 1. The van der Waals surface area contributed by atoms with E-state index < -0.39 is 0 Å². The minimum Gasteiger partial charge on any atom is -0.369 e. The standard InChI is InChI=1S/C6H11NS.HI/c1-7-5-3-4-6(7)8-2;/h4H,3,5H2,1-2H3;1H. The maximum absolute atomic E-state index is 2.28. The summed E-state index contributed by atoms with van der Waals surface area (Å²) in [5.74, 6) is 0. The van der Waals surface area contributed by atoms with Crippen molar-refractivity contribution in [1.82, 2.24) is 4.90 Å². The van der Waals surface area contributed by atoms with E-state index in [0.29, 0.717) is 0 Å². The van der Waals surface area contributed by atoms with Gasteiger partial charge in [0.15, 0.2) is 0 Å². The van der Waals surface area contributed by atoms with Crippen LogP contribution < -0.4 is 0 Å². The van der Waals surface area contributed by atoms with Crippen molar-refractivity contribution in [2.24, 2.45) is 0 Å². The molecular formula is C6H12INS.